The molecule has 0 unspecified atom stereocenters. The second-order valence-corrected chi connectivity index (χ2v) is 5.54. The number of hydrogen-bond donors (Lipinski definition) is 0. The van der Waals surface area contributed by atoms with Crippen molar-refractivity contribution in [2.75, 3.05) is 18.5 Å². The molecule has 1 saturated carbocycles. The highest BCUT2D eigenvalue weighted by Crippen LogP contribution is 2.27. The molecule has 1 heterocycles. The zero-order valence-corrected chi connectivity index (χ0v) is 11.8. The molecule has 1 aliphatic rings. The highest BCUT2D eigenvalue weighted by molar-refractivity contribution is 6.29. The summed E-state index contributed by atoms with van der Waals surface area (Å²) in [7, 11) is 1.91. The number of aromatic nitrogens is 1. The van der Waals surface area contributed by atoms with Gasteiger partial charge in [-0.15, -0.1) is 0 Å². The molecule has 0 atom stereocenters. The van der Waals surface area contributed by atoms with Crippen LogP contribution in [0.3, 0.4) is 0 Å². The Kier molecular flexibility index (Phi) is 4.58. The molecule has 1 aromatic rings. The lowest BCUT2D eigenvalue weighted by Crippen LogP contribution is -2.27. The standard InChI is InChI=1S/C13H18ClN3O2/c1-16(9-10-5-3-2-4-6-10)13-8-11(17(18)19)7-12(14)15-13/h7-8,10H,2-6,9H2,1H3. The van der Waals surface area contributed by atoms with Crippen molar-refractivity contribution >= 4 is 23.1 Å². The average Bonchev–Trinajstić information content (AvgIpc) is 2.39. The summed E-state index contributed by atoms with van der Waals surface area (Å²) in [4.78, 5) is 16.5. The number of pyridine rings is 1. The van der Waals surface area contributed by atoms with Gasteiger partial charge in [-0.05, 0) is 18.8 Å². The first-order chi connectivity index (χ1) is 9.06. The summed E-state index contributed by atoms with van der Waals surface area (Å²) in [5.41, 5.74) is -0.00880. The first-order valence-electron chi connectivity index (χ1n) is 6.59. The summed E-state index contributed by atoms with van der Waals surface area (Å²) >= 11 is 5.84. The molecule has 1 fully saturated rings. The lowest BCUT2D eigenvalue weighted by Gasteiger charge is -2.27. The van der Waals surface area contributed by atoms with E-state index in [-0.39, 0.29) is 10.8 Å². The SMILES string of the molecule is CN(CC1CCCCC1)c1cc([N+](=O)[O-])cc(Cl)n1. The van der Waals surface area contributed by atoms with E-state index in [4.69, 9.17) is 11.6 Å². The molecule has 0 saturated heterocycles. The average molecular weight is 284 g/mol. The van der Waals surface area contributed by atoms with E-state index in [9.17, 15) is 10.1 Å². The second-order valence-electron chi connectivity index (χ2n) is 5.15. The van der Waals surface area contributed by atoms with Gasteiger partial charge >= 0.3 is 0 Å². The summed E-state index contributed by atoms with van der Waals surface area (Å²) in [6, 6.07) is 2.76. The van der Waals surface area contributed by atoms with Crippen molar-refractivity contribution in [3.63, 3.8) is 0 Å². The molecule has 2 rings (SSSR count). The normalized spacial score (nSPS) is 16.3. The van der Waals surface area contributed by atoms with Crippen LogP contribution >= 0.6 is 11.6 Å². The molecule has 0 amide bonds. The Morgan fingerprint density at radius 2 is 2.11 bits per heavy atom. The van der Waals surface area contributed by atoms with E-state index in [0.717, 1.165) is 6.54 Å². The van der Waals surface area contributed by atoms with Gasteiger partial charge in [-0.2, -0.15) is 0 Å². The Bertz CT molecular complexity index is 461. The highest BCUT2D eigenvalue weighted by Gasteiger charge is 2.18. The fourth-order valence-corrected chi connectivity index (χ4v) is 2.82. The van der Waals surface area contributed by atoms with Gasteiger partial charge in [0.25, 0.3) is 5.69 Å². The lowest BCUT2D eigenvalue weighted by atomic mass is 9.89. The van der Waals surface area contributed by atoms with Gasteiger partial charge in [0.2, 0.25) is 0 Å². The third-order valence-electron chi connectivity index (χ3n) is 3.62. The largest absolute Gasteiger partial charge is 0.359 e. The van der Waals surface area contributed by atoms with Crippen molar-refractivity contribution in [1.82, 2.24) is 4.98 Å². The maximum atomic E-state index is 10.8. The molecule has 1 aromatic heterocycles. The van der Waals surface area contributed by atoms with Gasteiger partial charge in [0.15, 0.2) is 0 Å². The number of halogens is 1. The first-order valence-corrected chi connectivity index (χ1v) is 6.97. The van der Waals surface area contributed by atoms with E-state index in [1.165, 1.54) is 44.2 Å². The van der Waals surface area contributed by atoms with Crippen LogP contribution in [0.1, 0.15) is 32.1 Å². The molecule has 0 radical (unpaired) electrons. The Balaban J connectivity index is 2.09. The predicted molar refractivity (Wildman–Crippen MR) is 75.7 cm³/mol. The topological polar surface area (TPSA) is 59.3 Å². The maximum absolute atomic E-state index is 10.8. The minimum absolute atomic E-state index is 0.00880. The van der Waals surface area contributed by atoms with Crippen LogP contribution < -0.4 is 4.90 Å². The number of nitro groups is 1. The second kappa shape index (κ2) is 6.19. The van der Waals surface area contributed by atoms with Crippen molar-refractivity contribution in [3.8, 4) is 0 Å². The van der Waals surface area contributed by atoms with E-state index < -0.39 is 4.92 Å². The molecule has 0 aliphatic heterocycles. The third kappa shape index (κ3) is 3.80. The number of anilines is 1. The van der Waals surface area contributed by atoms with Crippen LogP contribution in [0.25, 0.3) is 0 Å². The summed E-state index contributed by atoms with van der Waals surface area (Å²) in [5.74, 6) is 1.23. The van der Waals surface area contributed by atoms with E-state index in [0.29, 0.717) is 11.7 Å². The summed E-state index contributed by atoms with van der Waals surface area (Å²) in [6.45, 7) is 0.879. The minimum atomic E-state index is -0.439. The Morgan fingerprint density at radius 3 is 2.74 bits per heavy atom. The van der Waals surface area contributed by atoms with Gasteiger partial charge in [0.05, 0.1) is 17.1 Å². The van der Waals surface area contributed by atoms with Gasteiger partial charge in [-0.1, -0.05) is 30.9 Å². The summed E-state index contributed by atoms with van der Waals surface area (Å²) in [5, 5.41) is 11.0. The summed E-state index contributed by atoms with van der Waals surface area (Å²) in [6.07, 6.45) is 6.34. The minimum Gasteiger partial charge on any atom is -0.359 e. The zero-order chi connectivity index (χ0) is 13.8. The smallest absolute Gasteiger partial charge is 0.276 e. The monoisotopic (exact) mass is 283 g/mol. The van der Waals surface area contributed by atoms with Crippen molar-refractivity contribution in [3.05, 3.63) is 27.4 Å². The van der Waals surface area contributed by atoms with Crippen molar-refractivity contribution in [1.29, 1.82) is 0 Å². The summed E-state index contributed by atoms with van der Waals surface area (Å²) < 4.78 is 0. The molecule has 0 aromatic carbocycles. The van der Waals surface area contributed by atoms with E-state index in [1.807, 2.05) is 11.9 Å². The molecule has 19 heavy (non-hydrogen) atoms. The van der Waals surface area contributed by atoms with Crippen molar-refractivity contribution in [2.24, 2.45) is 5.92 Å². The van der Waals surface area contributed by atoms with Gasteiger partial charge in [0, 0.05) is 13.6 Å². The Hall–Kier alpha value is -1.36. The maximum Gasteiger partial charge on any atom is 0.276 e. The van der Waals surface area contributed by atoms with Crippen LogP contribution in [0, 0.1) is 16.0 Å². The van der Waals surface area contributed by atoms with Gasteiger partial charge in [0.1, 0.15) is 11.0 Å². The van der Waals surface area contributed by atoms with Crippen molar-refractivity contribution in [2.45, 2.75) is 32.1 Å². The van der Waals surface area contributed by atoms with Crippen LogP contribution in [0.15, 0.2) is 12.1 Å². The fraction of sp³-hybridized carbons (Fsp3) is 0.615. The van der Waals surface area contributed by atoms with E-state index >= 15 is 0 Å². The number of nitrogens with zero attached hydrogens (tertiary/aromatic N) is 3. The van der Waals surface area contributed by atoms with E-state index in [2.05, 4.69) is 4.98 Å². The molecule has 5 nitrogen and oxygen atoms in total. The van der Waals surface area contributed by atoms with Crippen molar-refractivity contribution < 1.29 is 4.92 Å². The molecule has 1 aliphatic carbocycles. The molecule has 0 N–H and O–H groups in total. The van der Waals surface area contributed by atoms with Crippen LogP contribution in [0.5, 0.6) is 0 Å². The molecule has 0 bridgehead atoms. The molecule has 0 spiro atoms. The molecule has 104 valence electrons. The Labute approximate surface area is 117 Å². The predicted octanol–water partition coefficient (Wildman–Crippen LogP) is 3.66. The lowest BCUT2D eigenvalue weighted by molar-refractivity contribution is -0.384. The quantitative estimate of drug-likeness (QED) is 0.481. The third-order valence-corrected chi connectivity index (χ3v) is 3.82. The van der Waals surface area contributed by atoms with Gasteiger partial charge < -0.3 is 4.90 Å². The van der Waals surface area contributed by atoms with Gasteiger partial charge in [-0.3, -0.25) is 10.1 Å². The van der Waals surface area contributed by atoms with Crippen LogP contribution in [0.2, 0.25) is 5.15 Å². The number of rotatable bonds is 4. The van der Waals surface area contributed by atoms with Gasteiger partial charge in [-0.25, -0.2) is 4.98 Å². The highest BCUT2D eigenvalue weighted by atomic mass is 35.5. The zero-order valence-electron chi connectivity index (χ0n) is 11.0. The number of hydrogen-bond acceptors (Lipinski definition) is 4. The fourth-order valence-electron chi connectivity index (χ4n) is 2.62. The van der Waals surface area contributed by atoms with Crippen LogP contribution in [-0.2, 0) is 0 Å². The first kappa shape index (κ1) is 14.1. The van der Waals surface area contributed by atoms with E-state index in [1.54, 1.807) is 0 Å². The molecule has 6 heteroatoms. The molecular formula is C13H18ClN3O2. The van der Waals surface area contributed by atoms with Crippen LogP contribution in [0.4, 0.5) is 11.5 Å². The molecular weight excluding hydrogens is 266 g/mol. The Morgan fingerprint density at radius 1 is 1.42 bits per heavy atom. The van der Waals surface area contributed by atoms with Crippen LogP contribution in [-0.4, -0.2) is 23.5 Å².